The van der Waals surface area contributed by atoms with Gasteiger partial charge in [-0.2, -0.15) is 0 Å². The van der Waals surface area contributed by atoms with Gasteiger partial charge in [0, 0.05) is 13.7 Å². The summed E-state index contributed by atoms with van der Waals surface area (Å²) in [6, 6.07) is 5.53. The van der Waals surface area contributed by atoms with Crippen LogP contribution in [0.4, 0.5) is 0 Å². The molecule has 26 heavy (non-hydrogen) atoms. The second-order valence-electron chi connectivity index (χ2n) is 6.77. The first-order chi connectivity index (χ1) is 12.4. The molecular weight excluding hydrogens is 331 g/mol. The Morgan fingerprint density at radius 3 is 2.85 bits per heavy atom. The minimum Gasteiger partial charge on any atom is -0.426 e. The first-order valence-electron chi connectivity index (χ1n) is 8.87. The molecule has 1 aromatic carbocycles. The Hall–Kier alpha value is -2.12. The lowest BCUT2D eigenvalue weighted by molar-refractivity contribution is -0.135. The van der Waals surface area contributed by atoms with Crippen molar-refractivity contribution in [1.29, 1.82) is 0 Å². The molecule has 1 heterocycles. The highest BCUT2D eigenvalue weighted by Gasteiger charge is 2.36. The van der Waals surface area contributed by atoms with Crippen LogP contribution in [0.15, 0.2) is 30.9 Å². The lowest BCUT2D eigenvalue weighted by atomic mass is 9.74. The predicted molar refractivity (Wildman–Crippen MR) is 101 cm³/mol. The van der Waals surface area contributed by atoms with Crippen LogP contribution in [0.1, 0.15) is 29.5 Å². The quantitative estimate of drug-likeness (QED) is 0.567. The van der Waals surface area contributed by atoms with Crippen molar-refractivity contribution in [2.24, 2.45) is 0 Å². The minimum atomic E-state index is -1.13. The van der Waals surface area contributed by atoms with E-state index in [1.54, 1.807) is 0 Å². The van der Waals surface area contributed by atoms with Crippen LogP contribution in [0.5, 0.6) is 0 Å². The SMILES string of the molecule is C=CC(=O)N1CCC[C@H]1C(=O)N[C@@H](Cc1ccc(C)cc1C)B(O)OC. The first kappa shape index (κ1) is 20.2. The van der Waals surface area contributed by atoms with E-state index in [0.29, 0.717) is 19.4 Å². The number of nitrogens with zero attached hydrogens (tertiary/aromatic N) is 1. The molecule has 0 spiro atoms. The van der Waals surface area contributed by atoms with Gasteiger partial charge in [-0.25, -0.2) is 0 Å². The summed E-state index contributed by atoms with van der Waals surface area (Å²) in [4.78, 5) is 26.2. The lowest BCUT2D eigenvalue weighted by Gasteiger charge is -2.26. The summed E-state index contributed by atoms with van der Waals surface area (Å²) in [5.41, 5.74) is 3.28. The van der Waals surface area contributed by atoms with Gasteiger partial charge in [-0.05, 0) is 50.3 Å². The van der Waals surface area contributed by atoms with Gasteiger partial charge in [-0.3, -0.25) is 9.59 Å². The Morgan fingerprint density at radius 2 is 2.23 bits per heavy atom. The molecular formula is C19H27BN2O4. The molecule has 0 radical (unpaired) electrons. The summed E-state index contributed by atoms with van der Waals surface area (Å²) in [5.74, 6) is -1.13. The molecule has 1 aliphatic heterocycles. The number of hydrogen-bond donors (Lipinski definition) is 2. The van der Waals surface area contributed by atoms with Crippen molar-refractivity contribution in [2.75, 3.05) is 13.7 Å². The second kappa shape index (κ2) is 9.01. The molecule has 0 aromatic heterocycles. The second-order valence-corrected chi connectivity index (χ2v) is 6.77. The molecule has 2 rings (SSSR count). The minimum absolute atomic E-state index is 0.249. The highest BCUT2D eigenvalue weighted by Crippen LogP contribution is 2.19. The molecule has 1 aliphatic rings. The van der Waals surface area contributed by atoms with Crippen molar-refractivity contribution in [2.45, 2.75) is 45.1 Å². The molecule has 2 amide bonds. The third-order valence-electron chi connectivity index (χ3n) is 4.86. The van der Waals surface area contributed by atoms with Gasteiger partial charge in [0.25, 0.3) is 0 Å². The van der Waals surface area contributed by atoms with Crippen LogP contribution >= 0.6 is 0 Å². The number of hydrogen-bond acceptors (Lipinski definition) is 4. The van der Waals surface area contributed by atoms with Crippen molar-refractivity contribution in [3.05, 3.63) is 47.5 Å². The van der Waals surface area contributed by atoms with Crippen LogP contribution in [-0.2, 0) is 20.7 Å². The number of carbonyl (C=O) groups is 2. The van der Waals surface area contributed by atoms with Gasteiger partial charge in [-0.1, -0.05) is 30.3 Å². The van der Waals surface area contributed by atoms with E-state index in [1.165, 1.54) is 18.1 Å². The van der Waals surface area contributed by atoms with E-state index in [0.717, 1.165) is 23.1 Å². The van der Waals surface area contributed by atoms with E-state index in [4.69, 9.17) is 4.65 Å². The average Bonchev–Trinajstić information content (AvgIpc) is 3.11. The van der Waals surface area contributed by atoms with E-state index in [2.05, 4.69) is 18.0 Å². The Labute approximate surface area is 155 Å². The van der Waals surface area contributed by atoms with E-state index >= 15 is 0 Å². The van der Waals surface area contributed by atoms with Crippen molar-refractivity contribution in [1.82, 2.24) is 10.2 Å². The topological polar surface area (TPSA) is 78.9 Å². The van der Waals surface area contributed by atoms with Crippen molar-refractivity contribution < 1.29 is 19.3 Å². The summed E-state index contributed by atoms with van der Waals surface area (Å²) in [6.45, 7) is 8.05. The monoisotopic (exact) mass is 358 g/mol. The number of carbonyl (C=O) groups excluding carboxylic acids is 2. The normalized spacial score (nSPS) is 17.7. The summed E-state index contributed by atoms with van der Waals surface area (Å²) >= 11 is 0. The van der Waals surface area contributed by atoms with E-state index in [9.17, 15) is 14.6 Å². The number of nitrogens with one attached hydrogen (secondary N) is 1. The van der Waals surface area contributed by atoms with Crippen LogP contribution in [0.3, 0.4) is 0 Å². The Morgan fingerprint density at radius 1 is 1.50 bits per heavy atom. The molecule has 140 valence electrons. The fraction of sp³-hybridized carbons (Fsp3) is 0.474. The number of amides is 2. The van der Waals surface area contributed by atoms with E-state index < -0.39 is 19.1 Å². The molecule has 2 N–H and O–H groups in total. The zero-order chi connectivity index (χ0) is 19.3. The molecule has 0 saturated carbocycles. The van der Waals surface area contributed by atoms with Crippen molar-refractivity contribution in [3.63, 3.8) is 0 Å². The van der Waals surface area contributed by atoms with Gasteiger partial charge in [0.1, 0.15) is 6.04 Å². The van der Waals surface area contributed by atoms with Gasteiger partial charge in [0.2, 0.25) is 11.8 Å². The zero-order valence-electron chi connectivity index (χ0n) is 15.7. The van der Waals surface area contributed by atoms with Gasteiger partial charge >= 0.3 is 7.12 Å². The van der Waals surface area contributed by atoms with E-state index in [1.807, 2.05) is 26.0 Å². The molecule has 0 bridgehead atoms. The molecule has 7 heteroatoms. The highest BCUT2D eigenvalue weighted by atomic mass is 16.5. The number of rotatable bonds is 7. The van der Waals surface area contributed by atoms with Gasteiger partial charge < -0.3 is 19.9 Å². The fourth-order valence-corrected chi connectivity index (χ4v) is 3.40. The Balaban J connectivity index is 2.13. The standard InChI is InChI=1S/C19H27BN2O4/c1-5-18(23)22-10-6-7-16(22)19(24)21-17(20(25)26-4)12-15-9-8-13(2)11-14(15)3/h5,8-9,11,16-17,25H,1,6-7,10,12H2,2-4H3,(H,21,24)/t16-,17-/m0/s1. The maximum atomic E-state index is 12.7. The molecule has 0 unspecified atom stereocenters. The summed E-state index contributed by atoms with van der Waals surface area (Å²) in [6.07, 6.45) is 3.04. The largest absolute Gasteiger partial charge is 0.478 e. The fourth-order valence-electron chi connectivity index (χ4n) is 3.40. The summed E-state index contributed by atoms with van der Waals surface area (Å²) in [5, 5.41) is 13.1. The number of aryl methyl sites for hydroxylation is 2. The van der Waals surface area contributed by atoms with Gasteiger partial charge in [-0.15, -0.1) is 0 Å². The highest BCUT2D eigenvalue weighted by molar-refractivity contribution is 6.45. The predicted octanol–water partition coefficient (Wildman–Crippen LogP) is 1.17. The Bertz CT molecular complexity index is 680. The molecule has 1 aromatic rings. The first-order valence-corrected chi connectivity index (χ1v) is 8.87. The van der Waals surface area contributed by atoms with Gasteiger partial charge in [0.05, 0.1) is 5.94 Å². The van der Waals surface area contributed by atoms with Crippen LogP contribution in [0.2, 0.25) is 0 Å². The third kappa shape index (κ3) is 4.74. The number of likely N-dealkylation sites (tertiary alicyclic amines) is 1. The van der Waals surface area contributed by atoms with Crippen molar-refractivity contribution in [3.8, 4) is 0 Å². The third-order valence-corrected chi connectivity index (χ3v) is 4.86. The zero-order valence-corrected chi connectivity index (χ0v) is 15.7. The molecule has 1 saturated heterocycles. The maximum absolute atomic E-state index is 12.7. The molecule has 1 fully saturated rings. The summed E-state index contributed by atoms with van der Waals surface area (Å²) < 4.78 is 5.05. The molecule has 2 atom stereocenters. The van der Waals surface area contributed by atoms with Crippen LogP contribution in [0, 0.1) is 13.8 Å². The van der Waals surface area contributed by atoms with Crippen LogP contribution < -0.4 is 5.32 Å². The van der Waals surface area contributed by atoms with Crippen molar-refractivity contribution >= 4 is 18.9 Å². The summed E-state index contributed by atoms with van der Waals surface area (Å²) in [7, 11) is 0.263. The van der Waals surface area contributed by atoms with Gasteiger partial charge in [0.15, 0.2) is 0 Å². The van der Waals surface area contributed by atoms with Crippen LogP contribution in [0.25, 0.3) is 0 Å². The molecule has 6 nitrogen and oxygen atoms in total. The maximum Gasteiger partial charge on any atom is 0.478 e. The van der Waals surface area contributed by atoms with Crippen LogP contribution in [-0.4, -0.2) is 54.5 Å². The lowest BCUT2D eigenvalue weighted by Crippen LogP contribution is -2.54. The average molecular weight is 358 g/mol. The number of benzene rings is 1. The van der Waals surface area contributed by atoms with E-state index in [-0.39, 0.29) is 11.8 Å². The smallest absolute Gasteiger partial charge is 0.426 e. The molecule has 0 aliphatic carbocycles. The Kier molecular flexibility index (Phi) is 7.00.